The van der Waals surface area contributed by atoms with Crippen molar-refractivity contribution in [1.29, 1.82) is 10.5 Å². The van der Waals surface area contributed by atoms with Crippen molar-refractivity contribution in [2.75, 3.05) is 0 Å². The van der Waals surface area contributed by atoms with E-state index in [1.807, 2.05) is 6.07 Å². The number of allylic oxidation sites excluding steroid dienone is 1. The van der Waals surface area contributed by atoms with Crippen molar-refractivity contribution < 1.29 is 0 Å². The molecule has 0 fully saturated rings. The van der Waals surface area contributed by atoms with Crippen LogP contribution in [0.1, 0.15) is 17.5 Å². The third-order valence-corrected chi connectivity index (χ3v) is 1.88. The lowest BCUT2D eigenvalue weighted by Crippen LogP contribution is -1.81. The van der Waals surface area contributed by atoms with Crippen LogP contribution in [0.2, 0.25) is 5.02 Å². The molecule has 0 radical (unpaired) electrons. The minimum atomic E-state index is 0.331. The first kappa shape index (κ1) is 10.3. The first-order chi connectivity index (χ1) is 6.77. The number of nitriles is 2. The number of rotatable bonds is 2. The average Bonchev–Trinajstić information content (AvgIpc) is 2.19. The lowest BCUT2D eigenvalue weighted by molar-refractivity contribution is 1.36. The first-order valence-electron chi connectivity index (χ1n) is 4.01. The Kier molecular flexibility index (Phi) is 3.73. The molecule has 1 aromatic rings. The summed E-state index contributed by atoms with van der Waals surface area (Å²) in [5.41, 5.74) is 1.30. The van der Waals surface area contributed by atoms with Crippen LogP contribution in [0.25, 0.3) is 6.08 Å². The summed E-state index contributed by atoms with van der Waals surface area (Å²) in [6.07, 6.45) is 3.76. The van der Waals surface area contributed by atoms with Crippen molar-refractivity contribution in [3.05, 3.63) is 40.4 Å². The van der Waals surface area contributed by atoms with Crippen LogP contribution >= 0.6 is 11.6 Å². The standard InChI is InChI=1S/C11H7ClN2/c12-11-5-4-10(8-14)9(7-11)3-1-2-6-13/h1,3-5,7H,2H2. The fourth-order valence-electron chi connectivity index (χ4n) is 1.01. The summed E-state index contributed by atoms with van der Waals surface area (Å²) in [5.74, 6) is 0. The Bertz CT molecular complexity index is 436. The van der Waals surface area contributed by atoms with Gasteiger partial charge in [-0.25, -0.2) is 0 Å². The first-order valence-corrected chi connectivity index (χ1v) is 4.39. The van der Waals surface area contributed by atoms with Gasteiger partial charge < -0.3 is 0 Å². The second kappa shape index (κ2) is 5.07. The van der Waals surface area contributed by atoms with Crippen molar-refractivity contribution in [2.24, 2.45) is 0 Å². The molecule has 14 heavy (non-hydrogen) atoms. The van der Waals surface area contributed by atoms with Gasteiger partial charge in [-0.15, -0.1) is 0 Å². The SMILES string of the molecule is N#CCC=Cc1cc(Cl)ccc1C#N. The molecular formula is C11H7ClN2. The van der Waals surface area contributed by atoms with E-state index in [0.29, 0.717) is 17.0 Å². The summed E-state index contributed by atoms with van der Waals surface area (Å²) in [7, 11) is 0. The molecule has 0 bridgehead atoms. The third-order valence-electron chi connectivity index (χ3n) is 1.64. The zero-order valence-corrected chi connectivity index (χ0v) is 8.12. The molecule has 68 valence electrons. The number of hydrogen-bond acceptors (Lipinski definition) is 2. The Morgan fingerprint density at radius 2 is 2.14 bits per heavy atom. The maximum Gasteiger partial charge on any atom is 0.0997 e. The lowest BCUT2D eigenvalue weighted by atomic mass is 10.1. The molecule has 0 heterocycles. The maximum absolute atomic E-state index is 8.77. The van der Waals surface area contributed by atoms with Gasteiger partial charge in [0.15, 0.2) is 0 Å². The van der Waals surface area contributed by atoms with E-state index in [1.165, 1.54) is 0 Å². The number of halogens is 1. The monoisotopic (exact) mass is 202 g/mol. The summed E-state index contributed by atoms with van der Waals surface area (Å²) in [6, 6.07) is 9.08. The highest BCUT2D eigenvalue weighted by Gasteiger charge is 1.98. The van der Waals surface area contributed by atoms with Gasteiger partial charge in [0, 0.05) is 5.02 Å². The Morgan fingerprint density at radius 1 is 1.36 bits per heavy atom. The normalized spacial score (nSPS) is 9.64. The van der Waals surface area contributed by atoms with Gasteiger partial charge in [0.05, 0.1) is 24.1 Å². The number of nitrogens with zero attached hydrogens (tertiary/aromatic N) is 2. The third kappa shape index (κ3) is 2.62. The molecule has 0 saturated carbocycles. The van der Waals surface area contributed by atoms with Crippen LogP contribution in [0, 0.1) is 22.7 Å². The van der Waals surface area contributed by atoms with E-state index >= 15 is 0 Å². The maximum atomic E-state index is 8.77. The number of benzene rings is 1. The van der Waals surface area contributed by atoms with E-state index in [-0.39, 0.29) is 0 Å². The molecule has 0 N–H and O–H groups in total. The van der Waals surface area contributed by atoms with Crippen molar-refractivity contribution in [2.45, 2.75) is 6.42 Å². The highest BCUT2D eigenvalue weighted by atomic mass is 35.5. The Labute approximate surface area is 87.7 Å². The molecule has 1 aromatic carbocycles. The Balaban J connectivity index is 3.02. The van der Waals surface area contributed by atoms with Crippen molar-refractivity contribution >= 4 is 17.7 Å². The van der Waals surface area contributed by atoms with Gasteiger partial charge in [0.2, 0.25) is 0 Å². The van der Waals surface area contributed by atoms with E-state index in [9.17, 15) is 0 Å². The molecule has 0 amide bonds. The molecule has 0 aliphatic heterocycles. The molecule has 2 nitrogen and oxygen atoms in total. The minimum absolute atomic E-state index is 0.331. The zero-order valence-electron chi connectivity index (χ0n) is 7.37. The van der Waals surface area contributed by atoms with E-state index in [2.05, 4.69) is 6.07 Å². The average molecular weight is 203 g/mol. The fraction of sp³-hybridized carbons (Fsp3) is 0.0909. The molecule has 0 aliphatic carbocycles. The van der Waals surface area contributed by atoms with Gasteiger partial charge in [-0.2, -0.15) is 10.5 Å². The topological polar surface area (TPSA) is 47.6 Å². The zero-order chi connectivity index (χ0) is 10.4. The number of hydrogen-bond donors (Lipinski definition) is 0. The van der Waals surface area contributed by atoms with Gasteiger partial charge in [0.1, 0.15) is 0 Å². The van der Waals surface area contributed by atoms with Gasteiger partial charge in [-0.05, 0) is 23.8 Å². The van der Waals surface area contributed by atoms with Gasteiger partial charge in [-0.1, -0.05) is 23.8 Å². The van der Waals surface area contributed by atoms with E-state index in [4.69, 9.17) is 22.1 Å². The van der Waals surface area contributed by atoms with Crippen molar-refractivity contribution in [3.63, 3.8) is 0 Å². The summed E-state index contributed by atoms with van der Waals surface area (Å²) >= 11 is 5.78. The van der Waals surface area contributed by atoms with Gasteiger partial charge in [-0.3, -0.25) is 0 Å². The van der Waals surface area contributed by atoms with E-state index in [0.717, 1.165) is 5.56 Å². The van der Waals surface area contributed by atoms with Crippen molar-refractivity contribution in [3.8, 4) is 12.1 Å². The highest BCUT2D eigenvalue weighted by molar-refractivity contribution is 6.30. The van der Waals surface area contributed by atoms with Gasteiger partial charge >= 0.3 is 0 Å². The smallest absolute Gasteiger partial charge is 0.0997 e. The van der Waals surface area contributed by atoms with Crippen LogP contribution in [-0.4, -0.2) is 0 Å². The minimum Gasteiger partial charge on any atom is -0.198 e. The summed E-state index contributed by atoms with van der Waals surface area (Å²) < 4.78 is 0. The highest BCUT2D eigenvalue weighted by Crippen LogP contribution is 2.16. The molecule has 1 rings (SSSR count). The fourth-order valence-corrected chi connectivity index (χ4v) is 1.19. The van der Waals surface area contributed by atoms with Crippen LogP contribution in [-0.2, 0) is 0 Å². The van der Waals surface area contributed by atoms with Crippen LogP contribution in [0.15, 0.2) is 24.3 Å². The lowest BCUT2D eigenvalue weighted by Gasteiger charge is -1.97. The van der Waals surface area contributed by atoms with Gasteiger partial charge in [0.25, 0.3) is 0 Å². The largest absolute Gasteiger partial charge is 0.198 e. The second-order valence-corrected chi connectivity index (χ2v) is 3.04. The summed E-state index contributed by atoms with van der Waals surface area (Å²) in [4.78, 5) is 0. The molecule has 0 aromatic heterocycles. The Morgan fingerprint density at radius 3 is 2.79 bits per heavy atom. The quantitative estimate of drug-likeness (QED) is 0.740. The van der Waals surface area contributed by atoms with Crippen LogP contribution in [0.4, 0.5) is 0 Å². The van der Waals surface area contributed by atoms with Crippen LogP contribution < -0.4 is 0 Å². The van der Waals surface area contributed by atoms with Crippen LogP contribution in [0.3, 0.4) is 0 Å². The molecular weight excluding hydrogens is 196 g/mol. The molecule has 0 unspecified atom stereocenters. The molecule has 0 aliphatic rings. The second-order valence-electron chi connectivity index (χ2n) is 2.61. The predicted molar refractivity (Wildman–Crippen MR) is 55.4 cm³/mol. The molecule has 0 spiro atoms. The molecule has 3 heteroatoms. The predicted octanol–water partition coefficient (Wildman–Crippen LogP) is 3.14. The Hall–Kier alpha value is -1.77. The molecule has 0 saturated heterocycles. The van der Waals surface area contributed by atoms with Crippen molar-refractivity contribution in [1.82, 2.24) is 0 Å². The van der Waals surface area contributed by atoms with Crippen LogP contribution in [0.5, 0.6) is 0 Å². The van der Waals surface area contributed by atoms with E-state index in [1.54, 1.807) is 30.4 Å². The van der Waals surface area contributed by atoms with E-state index < -0.39 is 0 Å². The summed E-state index contributed by atoms with van der Waals surface area (Å²) in [6.45, 7) is 0. The molecule has 0 atom stereocenters. The summed E-state index contributed by atoms with van der Waals surface area (Å²) in [5, 5.41) is 17.7.